The minimum atomic E-state index is -0.739. The second kappa shape index (κ2) is 10.2. The van der Waals surface area contributed by atoms with Crippen molar-refractivity contribution in [3.63, 3.8) is 0 Å². The molecule has 0 heterocycles. The topological polar surface area (TPSA) is 106 Å². The van der Waals surface area contributed by atoms with Crippen LogP contribution in [-0.4, -0.2) is 37.0 Å². The molecule has 1 rings (SSSR count). The summed E-state index contributed by atoms with van der Waals surface area (Å²) in [6.07, 6.45) is 0. The Morgan fingerprint density at radius 3 is 2.16 bits per heavy atom. The molecule has 3 amide bonds. The molecule has 0 fully saturated rings. The number of hydrazine groups is 1. The van der Waals surface area contributed by atoms with Crippen LogP contribution in [0.2, 0.25) is 0 Å². The predicted molar refractivity (Wildman–Crippen MR) is 91.8 cm³/mol. The van der Waals surface area contributed by atoms with E-state index >= 15 is 0 Å². The highest BCUT2D eigenvalue weighted by Crippen LogP contribution is 2.26. The van der Waals surface area contributed by atoms with Crippen LogP contribution in [0.15, 0.2) is 24.3 Å². The van der Waals surface area contributed by atoms with Crippen molar-refractivity contribution in [1.82, 2.24) is 16.2 Å². The first-order chi connectivity index (χ1) is 11.8. The Hall–Kier alpha value is -2.77. The molecule has 0 saturated heterocycles. The molecule has 1 atom stereocenters. The molecule has 0 spiro atoms. The lowest BCUT2D eigenvalue weighted by Crippen LogP contribution is -2.54. The Morgan fingerprint density at radius 1 is 1.04 bits per heavy atom. The molecule has 0 saturated carbocycles. The van der Waals surface area contributed by atoms with Crippen molar-refractivity contribution in [2.24, 2.45) is 5.92 Å². The zero-order chi connectivity index (χ0) is 18.8. The van der Waals surface area contributed by atoms with Gasteiger partial charge in [0.05, 0.1) is 6.61 Å². The summed E-state index contributed by atoms with van der Waals surface area (Å²) < 4.78 is 10.8. The average Bonchev–Trinajstić information content (AvgIpc) is 2.56. The van der Waals surface area contributed by atoms with E-state index in [4.69, 9.17) is 9.47 Å². The van der Waals surface area contributed by atoms with Crippen molar-refractivity contribution >= 4 is 17.7 Å². The van der Waals surface area contributed by atoms with Gasteiger partial charge < -0.3 is 14.8 Å². The third-order valence-electron chi connectivity index (χ3n) is 3.14. The third-order valence-corrected chi connectivity index (χ3v) is 3.14. The van der Waals surface area contributed by atoms with Crippen LogP contribution >= 0.6 is 0 Å². The zero-order valence-corrected chi connectivity index (χ0v) is 14.9. The molecular formula is C17H25N3O5. The molecule has 0 aliphatic heterocycles. The van der Waals surface area contributed by atoms with Crippen LogP contribution in [0.25, 0.3) is 0 Å². The van der Waals surface area contributed by atoms with Crippen molar-refractivity contribution < 1.29 is 23.9 Å². The molecule has 0 bridgehead atoms. The number of ether oxygens (including phenoxy) is 2. The Morgan fingerprint density at radius 2 is 1.64 bits per heavy atom. The van der Waals surface area contributed by atoms with E-state index in [2.05, 4.69) is 16.2 Å². The summed E-state index contributed by atoms with van der Waals surface area (Å²) in [5, 5.41) is 2.53. The molecule has 0 aromatic heterocycles. The third kappa shape index (κ3) is 7.11. The summed E-state index contributed by atoms with van der Waals surface area (Å²) in [5.74, 6) is -0.527. The van der Waals surface area contributed by atoms with Gasteiger partial charge in [0.1, 0.15) is 6.04 Å². The molecule has 3 N–H and O–H groups in total. The fourth-order valence-electron chi connectivity index (χ4n) is 1.99. The SMILES string of the molecule is CCOc1ccccc1OCC(=O)NNC(=O)C(NC(C)=O)C(C)C. The van der Waals surface area contributed by atoms with Gasteiger partial charge in [-0.1, -0.05) is 26.0 Å². The lowest BCUT2D eigenvalue weighted by atomic mass is 10.0. The van der Waals surface area contributed by atoms with E-state index in [9.17, 15) is 14.4 Å². The van der Waals surface area contributed by atoms with Gasteiger partial charge in [0.15, 0.2) is 18.1 Å². The minimum absolute atomic E-state index is 0.130. The molecule has 0 radical (unpaired) electrons. The van der Waals surface area contributed by atoms with E-state index in [0.29, 0.717) is 18.1 Å². The summed E-state index contributed by atoms with van der Waals surface area (Å²) in [4.78, 5) is 35.0. The van der Waals surface area contributed by atoms with Crippen LogP contribution in [0.1, 0.15) is 27.7 Å². The maximum Gasteiger partial charge on any atom is 0.276 e. The number of amides is 3. The van der Waals surface area contributed by atoms with Crippen LogP contribution < -0.4 is 25.6 Å². The predicted octanol–water partition coefficient (Wildman–Crippen LogP) is 0.772. The van der Waals surface area contributed by atoms with E-state index in [1.807, 2.05) is 6.92 Å². The molecule has 138 valence electrons. The fraction of sp³-hybridized carbons (Fsp3) is 0.471. The van der Waals surface area contributed by atoms with E-state index < -0.39 is 17.9 Å². The monoisotopic (exact) mass is 351 g/mol. The number of hydrogen-bond donors (Lipinski definition) is 3. The number of carbonyl (C=O) groups excluding carboxylic acids is 3. The number of carbonyl (C=O) groups is 3. The van der Waals surface area contributed by atoms with Crippen LogP contribution in [0.3, 0.4) is 0 Å². The first kappa shape index (κ1) is 20.3. The van der Waals surface area contributed by atoms with Crippen molar-refractivity contribution in [2.75, 3.05) is 13.2 Å². The maximum absolute atomic E-state index is 12.0. The van der Waals surface area contributed by atoms with Gasteiger partial charge in [-0.15, -0.1) is 0 Å². The number of nitrogens with one attached hydrogen (secondary N) is 3. The van der Waals surface area contributed by atoms with Crippen molar-refractivity contribution in [3.05, 3.63) is 24.3 Å². The van der Waals surface area contributed by atoms with Crippen LogP contribution in [-0.2, 0) is 14.4 Å². The van der Waals surface area contributed by atoms with E-state index in [1.54, 1.807) is 38.1 Å². The van der Waals surface area contributed by atoms with Crippen molar-refractivity contribution in [3.8, 4) is 11.5 Å². The van der Waals surface area contributed by atoms with Gasteiger partial charge >= 0.3 is 0 Å². The molecule has 8 heteroatoms. The first-order valence-corrected chi connectivity index (χ1v) is 8.05. The van der Waals surface area contributed by atoms with Gasteiger partial charge in [0, 0.05) is 6.92 Å². The van der Waals surface area contributed by atoms with E-state index in [1.165, 1.54) is 6.92 Å². The largest absolute Gasteiger partial charge is 0.490 e. The standard InChI is InChI=1S/C17H25N3O5/c1-5-24-13-8-6-7-9-14(13)25-10-15(22)19-20-17(23)16(11(2)3)18-12(4)21/h6-9,11,16H,5,10H2,1-4H3,(H,18,21)(H,19,22)(H,20,23). The summed E-state index contributed by atoms with van der Waals surface area (Å²) >= 11 is 0. The highest BCUT2D eigenvalue weighted by Gasteiger charge is 2.23. The number of benzene rings is 1. The fourth-order valence-corrected chi connectivity index (χ4v) is 1.99. The number of para-hydroxylation sites is 2. The molecule has 1 aromatic carbocycles. The lowest BCUT2D eigenvalue weighted by molar-refractivity contribution is -0.133. The van der Waals surface area contributed by atoms with Gasteiger partial charge in [-0.25, -0.2) is 0 Å². The zero-order valence-electron chi connectivity index (χ0n) is 14.9. The van der Waals surface area contributed by atoms with Gasteiger partial charge in [-0.3, -0.25) is 25.2 Å². The highest BCUT2D eigenvalue weighted by atomic mass is 16.5. The second-order valence-corrected chi connectivity index (χ2v) is 5.63. The summed E-state index contributed by atoms with van der Waals surface area (Å²) in [6, 6.07) is 6.24. The van der Waals surface area contributed by atoms with Gasteiger partial charge in [-0.2, -0.15) is 0 Å². The van der Waals surface area contributed by atoms with Crippen molar-refractivity contribution in [2.45, 2.75) is 33.7 Å². The van der Waals surface area contributed by atoms with Crippen LogP contribution in [0.4, 0.5) is 0 Å². The molecular weight excluding hydrogens is 326 g/mol. The molecule has 1 unspecified atom stereocenters. The Bertz CT molecular complexity index is 604. The number of rotatable bonds is 8. The van der Waals surface area contributed by atoms with E-state index in [0.717, 1.165) is 0 Å². The normalized spacial score (nSPS) is 11.4. The second-order valence-electron chi connectivity index (χ2n) is 5.63. The minimum Gasteiger partial charge on any atom is -0.490 e. The maximum atomic E-state index is 12.0. The number of hydrogen-bond acceptors (Lipinski definition) is 5. The van der Waals surface area contributed by atoms with Crippen LogP contribution in [0, 0.1) is 5.92 Å². The van der Waals surface area contributed by atoms with Gasteiger partial charge in [0.25, 0.3) is 11.8 Å². The Balaban J connectivity index is 2.49. The quantitative estimate of drug-likeness (QED) is 0.600. The van der Waals surface area contributed by atoms with Crippen LogP contribution in [0.5, 0.6) is 11.5 Å². The smallest absolute Gasteiger partial charge is 0.276 e. The molecule has 8 nitrogen and oxygen atoms in total. The Labute approximate surface area is 147 Å². The molecule has 25 heavy (non-hydrogen) atoms. The Kier molecular flexibility index (Phi) is 8.25. The molecule has 1 aromatic rings. The van der Waals surface area contributed by atoms with E-state index in [-0.39, 0.29) is 18.4 Å². The molecule has 0 aliphatic rings. The van der Waals surface area contributed by atoms with Gasteiger partial charge in [0.2, 0.25) is 5.91 Å². The highest BCUT2D eigenvalue weighted by molar-refractivity contribution is 5.89. The lowest BCUT2D eigenvalue weighted by Gasteiger charge is -2.21. The van der Waals surface area contributed by atoms with Gasteiger partial charge in [-0.05, 0) is 25.0 Å². The first-order valence-electron chi connectivity index (χ1n) is 8.05. The summed E-state index contributed by atoms with van der Waals surface area (Å²) in [7, 11) is 0. The summed E-state index contributed by atoms with van der Waals surface area (Å²) in [5.41, 5.74) is 4.54. The van der Waals surface area contributed by atoms with Crippen molar-refractivity contribution in [1.29, 1.82) is 0 Å². The summed E-state index contributed by atoms with van der Waals surface area (Å²) in [6.45, 7) is 6.93. The molecule has 0 aliphatic carbocycles. The average molecular weight is 351 g/mol.